The van der Waals surface area contributed by atoms with Gasteiger partial charge in [-0.15, -0.1) is 0 Å². The summed E-state index contributed by atoms with van der Waals surface area (Å²) >= 11 is 0. The van der Waals surface area contributed by atoms with Gasteiger partial charge in [0.1, 0.15) is 6.04 Å². The summed E-state index contributed by atoms with van der Waals surface area (Å²) in [6.07, 6.45) is 2.16. The van der Waals surface area contributed by atoms with Gasteiger partial charge in [-0.05, 0) is 12.8 Å². The lowest BCUT2D eigenvalue weighted by atomic mass is 10.1. The first kappa shape index (κ1) is 14.4. The molecular weight excluding hydrogens is 190 g/mol. The average molecular weight is 213 g/mol. The summed E-state index contributed by atoms with van der Waals surface area (Å²) < 4.78 is 5.06. The van der Waals surface area contributed by atoms with Crippen molar-refractivity contribution in [3.05, 3.63) is 0 Å². The summed E-state index contributed by atoms with van der Waals surface area (Å²) in [5, 5.41) is 8.70. The molecule has 4 nitrogen and oxygen atoms in total. The predicted molar refractivity (Wildman–Crippen MR) is 61.4 cm³/mol. The Labute approximate surface area is 93.0 Å². The van der Waals surface area contributed by atoms with Crippen LogP contribution in [0.5, 0.6) is 0 Å². The third-order valence-electron chi connectivity index (χ3n) is 2.64. The van der Waals surface area contributed by atoms with E-state index in [1.165, 1.54) is 0 Å². The minimum Gasteiger partial charge on any atom is -0.383 e. The summed E-state index contributed by atoms with van der Waals surface area (Å²) in [5.41, 5.74) is 5.65. The van der Waals surface area contributed by atoms with Crippen LogP contribution in [0.25, 0.3) is 0 Å². The van der Waals surface area contributed by atoms with Gasteiger partial charge in [-0.1, -0.05) is 13.8 Å². The molecule has 15 heavy (non-hydrogen) atoms. The van der Waals surface area contributed by atoms with Gasteiger partial charge >= 0.3 is 0 Å². The molecular formula is C11H23N3O. The van der Waals surface area contributed by atoms with Crippen molar-refractivity contribution in [3.63, 3.8) is 0 Å². The lowest BCUT2D eigenvalue weighted by molar-refractivity contribution is 0.114. The number of rotatable bonds is 8. The number of nitrogens with zero attached hydrogens (tertiary/aromatic N) is 2. The zero-order chi connectivity index (χ0) is 11.7. The fourth-order valence-electron chi connectivity index (χ4n) is 1.73. The Morgan fingerprint density at radius 1 is 1.40 bits per heavy atom. The second-order valence-corrected chi connectivity index (χ2v) is 3.69. The summed E-state index contributed by atoms with van der Waals surface area (Å²) in [7, 11) is 1.69. The standard InChI is InChI=1S/C11H23N3O/c1-4-11(5-2)14(6-7-15-3)9-10(13)8-12/h10-11H,4-7,9,13H2,1-3H3. The second-order valence-electron chi connectivity index (χ2n) is 3.69. The molecule has 0 aliphatic carbocycles. The Morgan fingerprint density at radius 3 is 2.40 bits per heavy atom. The molecule has 4 heteroatoms. The molecule has 0 radical (unpaired) electrons. The van der Waals surface area contributed by atoms with E-state index in [2.05, 4.69) is 24.8 Å². The predicted octanol–water partition coefficient (Wildman–Crippen LogP) is 0.974. The molecule has 0 aromatic rings. The molecule has 0 aromatic heterocycles. The maximum Gasteiger partial charge on any atom is 0.106 e. The van der Waals surface area contributed by atoms with Crippen LogP contribution < -0.4 is 5.73 Å². The van der Waals surface area contributed by atoms with Gasteiger partial charge in [0.25, 0.3) is 0 Å². The van der Waals surface area contributed by atoms with E-state index >= 15 is 0 Å². The Morgan fingerprint density at radius 2 is 2.00 bits per heavy atom. The molecule has 0 amide bonds. The molecule has 0 saturated carbocycles. The second kappa shape index (κ2) is 8.66. The van der Waals surface area contributed by atoms with Crippen LogP contribution in [0, 0.1) is 11.3 Å². The molecule has 0 aliphatic heterocycles. The number of hydrogen-bond donors (Lipinski definition) is 1. The average Bonchev–Trinajstić information content (AvgIpc) is 2.26. The molecule has 0 spiro atoms. The minimum absolute atomic E-state index is 0.401. The molecule has 0 saturated heterocycles. The number of hydrogen-bond acceptors (Lipinski definition) is 4. The van der Waals surface area contributed by atoms with E-state index in [1.807, 2.05) is 0 Å². The number of methoxy groups -OCH3 is 1. The van der Waals surface area contributed by atoms with E-state index in [9.17, 15) is 0 Å². The van der Waals surface area contributed by atoms with Crippen LogP contribution in [0.1, 0.15) is 26.7 Å². The van der Waals surface area contributed by atoms with E-state index < -0.39 is 6.04 Å². The monoisotopic (exact) mass is 213 g/mol. The van der Waals surface area contributed by atoms with Gasteiger partial charge < -0.3 is 10.5 Å². The van der Waals surface area contributed by atoms with Gasteiger partial charge in [0.2, 0.25) is 0 Å². The van der Waals surface area contributed by atoms with E-state index in [0.29, 0.717) is 19.2 Å². The van der Waals surface area contributed by atoms with Crippen LogP contribution in [0.2, 0.25) is 0 Å². The third kappa shape index (κ3) is 5.73. The first-order valence-electron chi connectivity index (χ1n) is 5.57. The third-order valence-corrected chi connectivity index (χ3v) is 2.64. The molecule has 2 N–H and O–H groups in total. The van der Waals surface area contributed by atoms with Crippen molar-refractivity contribution in [1.29, 1.82) is 5.26 Å². The number of nitrogens with two attached hydrogens (primary N) is 1. The topological polar surface area (TPSA) is 62.3 Å². The Bertz CT molecular complexity index is 187. The maximum atomic E-state index is 8.70. The van der Waals surface area contributed by atoms with Crippen molar-refractivity contribution in [2.45, 2.75) is 38.8 Å². The number of nitriles is 1. The van der Waals surface area contributed by atoms with E-state index in [0.717, 1.165) is 19.4 Å². The highest BCUT2D eigenvalue weighted by Crippen LogP contribution is 2.08. The molecule has 0 fully saturated rings. The Hall–Kier alpha value is -0.630. The van der Waals surface area contributed by atoms with E-state index in [-0.39, 0.29) is 0 Å². The largest absolute Gasteiger partial charge is 0.383 e. The highest BCUT2D eigenvalue weighted by molar-refractivity contribution is 4.90. The fourth-order valence-corrected chi connectivity index (χ4v) is 1.73. The van der Waals surface area contributed by atoms with E-state index in [1.54, 1.807) is 7.11 Å². The van der Waals surface area contributed by atoms with Gasteiger partial charge in [-0.25, -0.2) is 0 Å². The molecule has 1 unspecified atom stereocenters. The normalized spacial score (nSPS) is 13.1. The molecule has 0 aromatic carbocycles. The first-order chi connectivity index (χ1) is 7.19. The maximum absolute atomic E-state index is 8.70. The number of ether oxygens (including phenoxy) is 1. The van der Waals surface area contributed by atoms with Crippen LogP contribution >= 0.6 is 0 Å². The van der Waals surface area contributed by atoms with Crippen LogP contribution in [0.15, 0.2) is 0 Å². The Balaban J connectivity index is 4.22. The van der Waals surface area contributed by atoms with Crippen LogP contribution in [-0.2, 0) is 4.74 Å². The van der Waals surface area contributed by atoms with Crippen molar-refractivity contribution < 1.29 is 4.74 Å². The van der Waals surface area contributed by atoms with Gasteiger partial charge in [-0.3, -0.25) is 4.90 Å². The molecule has 0 aliphatic rings. The molecule has 0 heterocycles. The highest BCUT2D eigenvalue weighted by atomic mass is 16.5. The summed E-state index contributed by atoms with van der Waals surface area (Å²) in [6, 6.07) is 2.17. The highest BCUT2D eigenvalue weighted by Gasteiger charge is 2.17. The molecule has 0 bridgehead atoms. The zero-order valence-corrected chi connectivity index (χ0v) is 10.1. The van der Waals surface area contributed by atoms with Crippen LogP contribution in [0.4, 0.5) is 0 Å². The van der Waals surface area contributed by atoms with Crippen molar-refractivity contribution in [3.8, 4) is 6.07 Å². The first-order valence-corrected chi connectivity index (χ1v) is 5.57. The summed E-state index contributed by atoms with van der Waals surface area (Å²) in [6.45, 7) is 6.48. The zero-order valence-electron chi connectivity index (χ0n) is 10.1. The van der Waals surface area contributed by atoms with Crippen molar-refractivity contribution in [1.82, 2.24) is 4.90 Å². The van der Waals surface area contributed by atoms with Gasteiger partial charge in [0, 0.05) is 26.2 Å². The molecule has 88 valence electrons. The quantitative estimate of drug-likeness (QED) is 0.652. The van der Waals surface area contributed by atoms with E-state index in [4.69, 9.17) is 15.7 Å². The minimum atomic E-state index is -0.401. The SMILES string of the molecule is CCC(CC)N(CCOC)CC(N)C#N. The lowest BCUT2D eigenvalue weighted by Gasteiger charge is -2.30. The van der Waals surface area contributed by atoms with Gasteiger partial charge in [0.05, 0.1) is 12.7 Å². The Kier molecular flexibility index (Phi) is 8.30. The van der Waals surface area contributed by atoms with Crippen LogP contribution in [-0.4, -0.2) is 43.8 Å². The van der Waals surface area contributed by atoms with Crippen molar-refractivity contribution in [2.75, 3.05) is 26.8 Å². The van der Waals surface area contributed by atoms with Gasteiger partial charge in [-0.2, -0.15) is 5.26 Å². The van der Waals surface area contributed by atoms with Crippen molar-refractivity contribution >= 4 is 0 Å². The molecule has 1 atom stereocenters. The fraction of sp³-hybridized carbons (Fsp3) is 0.909. The van der Waals surface area contributed by atoms with Gasteiger partial charge in [0.15, 0.2) is 0 Å². The summed E-state index contributed by atoms with van der Waals surface area (Å²) in [4.78, 5) is 2.25. The van der Waals surface area contributed by atoms with Crippen molar-refractivity contribution in [2.24, 2.45) is 5.73 Å². The lowest BCUT2D eigenvalue weighted by Crippen LogP contribution is -2.44. The summed E-state index contributed by atoms with van der Waals surface area (Å²) in [5.74, 6) is 0. The molecule has 0 rings (SSSR count). The van der Waals surface area contributed by atoms with Crippen LogP contribution in [0.3, 0.4) is 0 Å². The smallest absolute Gasteiger partial charge is 0.106 e.